The van der Waals surface area contributed by atoms with Crippen molar-refractivity contribution in [2.45, 2.75) is 17.7 Å². The fraction of sp³-hybridized carbons (Fsp3) is 0.250. The largest absolute Gasteiger partial charge is 0.504 e. The van der Waals surface area contributed by atoms with E-state index in [2.05, 4.69) is 0 Å². The molecule has 9 nitrogen and oxygen atoms in total. The molecule has 0 saturated heterocycles. The Morgan fingerprint density at radius 1 is 1.17 bits per heavy atom. The normalized spacial score (nSPS) is 13.8. The summed E-state index contributed by atoms with van der Waals surface area (Å²) in [5, 5.41) is 29.1. The van der Waals surface area contributed by atoms with E-state index in [0.717, 1.165) is 15.7 Å². The van der Waals surface area contributed by atoms with Crippen molar-refractivity contribution in [1.29, 1.82) is 0 Å². The van der Waals surface area contributed by atoms with E-state index in [1.54, 1.807) is 6.07 Å². The number of aromatic nitrogens is 1. The Balaban J connectivity index is 1.87. The van der Waals surface area contributed by atoms with Crippen LogP contribution in [0.3, 0.4) is 0 Å². The Hall–Kier alpha value is -3.40. The third-order valence-corrected chi connectivity index (χ3v) is 6.81. The lowest BCUT2D eigenvalue weighted by Gasteiger charge is -2.27. The molecular weight excluding hydrogens is 412 g/mol. The lowest BCUT2D eigenvalue weighted by atomic mass is 10.1. The number of hydrogen-bond donors (Lipinski definition) is 3. The minimum atomic E-state index is -4.09. The van der Waals surface area contributed by atoms with Crippen molar-refractivity contribution in [3.05, 3.63) is 42.1 Å². The monoisotopic (exact) mass is 432 g/mol. The summed E-state index contributed by atoms with van der Waals surface area (Å²) >= 11 is 0. The Bertz CT molecular complexity index is 1260. The molecule has 0 spiro atoms. The maximum Gasteiger partial charge on any atom is 0.303 e. The van der Waals surface area contributed by atoms with Crippen molar-refractivity contribution in [3.8, 4) is 17.2 Å². The van der Waals surface area contributed by atoms with Gasteiger partial charge in [0.1, 0.15) is 12.4 Å². The highest BCUT2D eigenvalue weighted by atomic mass is 32.2. The summed E-state index contributed by atoms with van der Waals surface area (Å²) in [5.41, 5.74) is 1.35. The smallest absolute Gasteiger partial charge is 0.303 e. The average Bonchev–Trinajstić information content (AvgIpc) is 3.05. The van der Waals surface area contributed by atoms with Crippen LogP contribution in [-0.2, 0) is 21.2 Å². The van der Waals surface area contributed by atoms with E-state index in [1.807, 2.05) is 11.9 Å². The minimum Gasteiger partial charge on any atom is -0.504 e. The molecule has 4 rings (SSSR count). The number of benzene rings is 2. The maximum atomic E-state index is 13.4. The molecular formula is C20H20N2O7S. The van der Waals surface area contributed by atoms with E-state index in [-0.39, 0.29) is 23.3 Å². The van der Waals surface area contributed by atoms with Crippen LogP contribution in [-0.4, -0.2) is 53.9 Å². The number of likely N-dealkylation sites (N-methyl/N-ethyl adjacent to an activating group) is 1. The topological polar surface area (TPSA) is 129 Å². The van der Waals surface area contributed by atoms with Crippen molar-refractivity contribution in [2.24, 2.45) is 0 Å². The molecule has 0 amide bonds. The van der Waals surface area contributed by atoms with Crippen LogP contribution in [0.4, 0.5) is 5.69 Å². The molecule has 10 heteroatoms. The summed E-state index contributed by atoms with van der Waals surface area (Å²) in [6.45, 7) is 1.13. The van der Waals surface area contributed by atoms with Gasteiger partial charge < -0.3 is 25.0 Å². The van der Waals surface area contributed by atoms with E-state index in [1.165, 1.54) is 24.4 Å². The molecule has 3 N–H and O–H groups in total. The SMILES string of the molecule is CN1CCOc2cc(S(=O)(=O)n3cc(CCC(=O)O)c4cc(O)c(O)cc43)ccc21. The number of hydrogen-bond acceptors (Lipinski definition) is 7. The number of anilines is 1. The van der Waals surface area contributed by atoms with Crippen LogP contribution in [0.5, 0.6) is 17.2 Å². The van der Waals surface area contributed by atoms with E-state index in [4.69, 9.17) is 9.84 Å². The van der Waals surface area contributed by atoms with E-state index in [0.29, 0.717) is 29.9 Å². The summed E-state index contributed by atoms with van der Waals surface area (Å²) in [4.78, 5) is 12.9. The predicted molar refractivity (Wildman–Crippen MR) is 109 cm³/mol. The first kappa shape index (κ1) is 19.9. The van der Waals surface area contributed by atoms with Gasteiger partial charge in [0.2, 0.25) is 0 Å². The van der Waals surface area contributed by atoms with Crippen LogP contribution in [0.2, 0.25) is 0 Å². The molecule has 0 bridgehead atoms. The number of phenolic OH excluding ortho intramolecular Hbond substituents is 2. The number of aliphatic carboxylic acids is 1. The third kappa shape index (κ3) is 3.28. The Morgan fingerprint density at radius 2 is 1.90 bits per heavy atom. The summed E-state index contributed by atoms with van der Waals surface area (Å²) in [7, 11) is -2.20. The number of carboxylic acids is 1. The van der Waals surface area contributed by atoms with Crippen molar-refractivity contribution < 1.29 is 33.3 Å². The van der Waals surface area contributed by atoms with Gasteiger partial charge in [0, 0.05) is 37.2 Å². The molecule has 3 aromatic rings. The number of aromatic hydroxyl groups is 2. The Labute approximate surface area is 172 Å². The van der Waals surface area contributed by atoms with Crippen LogP contribution in [0.15, 0.2) is 41.4 Å². The number of carbonyl (C=O) groups is 1. The van der Waals surface area contributed by atoms with Gasteiger partial charge in [-0.05, 0) is 30.2 Å². The summed E-state index contributed by atoms with van der Waals surface area (Å²) < 4.78 is 33.4. The van der Waals surface area contributed by atoms with Gasteiger partial charge in [0.15, 0.2) is 11.5 Å². The molecule has 0 unspecified atom stereocenters. The van der Waals surface area contributed by atoms with Crippen molar-refractivity contribution in [2.75, 3.05) is 25.1 Å². The third-order valence-electron chi connectivity index (χ3n) is 5.14. The predicted octanol–water partition coefficient (Wildman–Crippen LogP) is 2.14. The quantitative estimate of drug-likeness (QED) is 0.523. The molecule has 0 radical (unpaired) electrons. The molecule has 2 aromatic carbocycles. The lowest BCUT2D eigenvalue weighted by Crippen LogP contribution is -2.29. The van der Waals surface area contributed by atoms with Crippen LogP contribution in [0.25, 0.3) is 10.9 Å². The minimum absolute atomic E-state index is 0.00852. The highest BCUT2D eigenvalue weighted by Crippen LogP contribution is 2.37. The number of fused-ring (bicyclic) bond motifs is 2. The van der Waals surface area contributed by atoms with Crippen LogP contribution >= 0.6 is 0 Å². The number of phenols is 2. The fourth-order valence-electron chi connectivity index (χ4n) is 3.54. The number of nitrogens with zero attached hydrogens (tertiary/aromatic N) is 2. The van der Waals surface area contributed by atoms with E-state index < -0.39 is 27.5 Å². The van der Waals surface area contributed by atoms with Gasteiger partial charge >= 0.3 is 5.97 Å². The van der Waals surface area contributed by atoms with Gasteiger partial charge in [-0.15, -0.1) is 0 Å². The molecule has 0 atom stereocenters. The molecule has 1 aliphatic rings. The zero-order valence-electron chi connectivity index (χ0n) is 16.1. The van der Waals surface area contributed by atoms with Gasteiger partial charge in [0.25, 0.3) is 10.0 Å². The molecule has 0 saturated carbocycles. The number of aryl methyl sites for hydroxylation is 1. The van der Waals surface area contributed by atoms with Gasteiger partial charge in [-0.1, -0.05) is 0 Å². The van der Waals surface area contributed by atoms with Crippen molar-refractivity contribution in [1.82, 2.24) is 3.97 Å². The van der Waals surface area contributed by atoms with Gasteiger partial charge in [-0.25, -0.2) is 12.4 Å². The number of ether oxygens (including phenoxy) is 1. The van der Waals surface area contributed by atoms with Crippen molar-refractivity contribution in [3.63, 3.8) is 0 Å². The first-order chi connectivity index (χ1) is 14.2. The fourth-order valence-corrected chi connectivity index (χ4v) is 4.94. The first-order valence-corrected chi connectivity index (χ1v) is 10.6. The van der Waals surface area contributed by atoms with Gasteiger partial charge in [-0.3, -0.25) is 4.79 Å². The number of carboxylic acid groups (broad SMARTS) is 1. The second-order valence-corrected chi connectivity index (χ2v) is 8.92. The molecule has 0 aliphatic carbocycles. The molecule has 30 heavy (non-hydrogen) atoms. The van der Waals surface area contributed by atoms with Crippen LogP contribution in [0, 0.1) is 0 Å². The van der Waals surface area contributed by atoms with Gasteiger partial charge in [-0.2, -0.15) is 0 Å². The highest BCUT2D eigenvalue weighted by molar-refractivity contribution is 7.90. The molecule has 1 aromatic heterocycles. The zero-order valence-corrected chi connectivity index (χ0v) is 16.9. The standard InChI is InChI=1S/C20H20N2O7S/c1-21-6-7-29-19-8-13(3-4-15(19)21)30(27,28)22-11-12(2-5-20(25)26)14-9-17(23)18(24)10-16(14)22/h3-4,8-11,23-24H,2,5-7H2,1H3,(H,25,26). The van der Waals surface area contributed by atoms with Crippen LogP contribution < -0.4 is 9.64 Å². The molecule has 2 heterocycles. The van der Waals surface area contributed by atoms with Crippen molar-refractivity contribution >= 4 is 32.6 Å². The second-order valence-electron chi connectivity index (χ2n) is 7.11. The maximum absolute atomic E-state index is 13.4. The zero-order chi connectivity index (χ0) is 21.6. The molecule has 1 aliphatic heterocycles. The number of rotatable bonds is 5. The molecule has 158 valence electrons. The first-order valence-electron chi connectivity index (χ1n) is 9.20. The second kappa shape index (κ2) is 7.13. The Kier molecular flexibility index (Phi) is 4.73. The summed E-state index contributed by atoms with van der Waals surface area (Å²) in [5.74, 6) is -1.47. The summed E-state index contributed by atoms with van der Waals surface area (Å²) in [6.07, 6.45) is 1.19. The Morgan fingerprint density at radius 3 is 2.63 bits per heavy atom. The van der Waals surface area contributed by atoms with E-state index >= 15 is 0 Å². The molecule has 0 fully saturated rings. The van der Waals surface area contributed by atoms with Gasteiger partial charge in [0.05, 0.1) is 22.6 Å². The van der Waals surface area contributed by atoms with E-state index in [9.17, 15) is 23.4 Å². The lowest BCUT2D eigenvalue weighted by molar-refractivity contribution is -0.136. The average molecular weight is 432 g/mol. The van der Waals surface area contributed by atoms with Crippen LogP contribution in [0.1, 0.15) is 12.0 Å². The summed E-state index contributed by atoms with van der Waals surface area (Å²) in [6, 6.07) is 6.97. The highest BCUT2D eigenvalue weighted by Gasteiger charge is 2.25.